The van der Waals surface area contributed by atoms with Crippen molar-refractivity contribution in [2.45, 2.75) is 39.2 Å². The van der Waals surface area contributed by atoms with Gasteiger partial charge in [0.1, 0.15) is 0 Å². The van der Waals surface area contributed by atoms with Gasteiger partial charge in [0.2, 0.25) is 0 Å². The van der Waals surface area contributed by atoms with Crippen molar-refractivity contribution in [1.29, 1.82) is 0 Å². The smallest absolute Gasteiger partial charge is 0.0685 e. The highest BCUT2D eigenvalue weighted by Gasteiger charge is 1.99. The summed E-state index contributed by atoms with van der Waals surface area (Å²) in [4.78, 5) is 5.63. The molecule has 0 heterocycles. The highest BCUT2D eigenvalue weighted by atomic mass is 16.7. The van der Waals surface area contributed by atoms with Crippen molar-refractivity contribution in [1.82, 2.24) is 5.06 Å². The normalized spacial score (nSPS) is 10.9. The van der Waals surface area contributed by atoms with Gasteiger partial charge >= 0.3 is 0 Å². The molecule has 0 saturated heterocycles. The van der Waals surface area contributed by atoms with Crippen molar-refractivity contribution in [2.75, 3.05) is 13.7 Å². The number of nitrogens with zero attached hydrogens (tertiary/aromatic N) is 1. The Hall–Kier alpha value is -0.860. The van der Waals surface area contributed by atoms with Gasteiger partial charge < -0.3 is 0 Å². The van der Waals surface area contributed by atoms with Gasteiger partial charge in [0.15, 0.2) is 0 Å². The molecule has 0 aromatic heterocycles. The first-order valence-electron chi connectivity index (χ1n) is 6.21. The predicted octanol–water partition coefficient (Wildman–Crippen LogP) is 3.63. The first kappa shape index (κ1) is 13.2. The topological polar surface area (TPSA) is 12.5 Å². The summed E-state index contributed by atoms with van der Waals surface area (Å²) in [5, 5.41) is 1.92. The van der Waals surface area contributed by atoms with E-state index in [2.05, 4.69) is 31.2 Å². The lowest BCUT2D eigenvalue weighted by Gasteiger charge is -2.16. The molecule has 0 aliphatic rings. The SMILES string of the molecule is CCCCCCON(C)Cc1ccccc1. The molecule has 0 saturated carbocycles. The third-order valence-electron chi connectivity index (χ3n) is 2.56. The number of rotatable bonds is 8. The molecule has 0 atom stereocenters. The Morgan fingerprint density at radius 3 is 2.50 bits per heavy atom. The van der Waals surface area contributed by atoms with E-state index in [0.29, 0.717) is 0 Å². The second-order valence-corrected chi connectivity index (χ2v) is 4.17. The van der Waals surface area contributed by atoms with E-state index in [9.17, 15) is 0 Å². The zero-order chi connectivity index (χ0) is 11.6. The summed E-state index contributed by atoms with van der Waals surface area (Å²) < 4.78 is 0. The largest absolute Gasteiger partial charge is 0.299 e. The molecule has 0 aliphatic heterocycles. The van der Waals surface area contributed by atoms with E-state index < -0.39 is 0 Å². The van der Waals surface area contributed by atoms with Gasteiger partial charge in [-0.3, -0.25) is 4.84 Å². The van der Waals surface area contributed by atoms with Crippen LogP contribution in [-0.2, 0) is 11.4 Å². The van der Waals surface area contributed by atoms with Gasteiger partial charge in [0.25, 0.3) is 0 Å². The monoisotopic (exact) mass is 221 g/mol. The molecule has 0 spiro atoms. The Morgan fingerprint density at radius 1 is 1.06 bits per heavy atom. The van der Waals surface area contributed by atoms with E-state index >= 15 is 0 Å². The van der Waals surface area contributed by atoms with Crippen LogP contribution in [0.15, 0.2) is 30.3 Å². The number of benzene rings is 1. The molecular weight excluding hydrogens is 198 g/mol. The minimum atomic E-state index is 0.837. The van der Waals surface area contributed by atoms with Gasteiger partial charge in [0, 0.05) is 13.6 Å². The van der Waals surface area contributed by atoms with Crippen molar-refractivity contribution >= 4 is 0 Å². The van der Waals surface area contributed by atoms with Crippen molar-refractivity contribution in [3.63, 3.8) is 0 Å². The summed E-state index contributed by atoms with van der Waals surface area (Å²) in [5.41, 5.74) is 1.29. The molecule has 2 nitrogen and oxygen atoms in total. The van der Waals surface area contributed by atoms with Gasteiger partial charge in [-0.25, -0.2) is 0 Å². The molecule has 1 aromatic carbocycles. The summed E-state index contributed by atoms with van der Waals surface area (Å²) in [6, 6.07) is 10.4. The van der Waals surface area contributed by atoms with Crippen LogP contribution in [0.2, 0.25) is 0 Å². The van der Waals surface area contributed by atoms with Gasteiger partial charge in [-0.1, -0.05) is 56.5 Å². The molecule has 0 aliphatic carbocycles. The molecule has 0 radical (unpaired) electrons. The molecule has 0 bridgehead atoms. The van der Waals surface area contributed by atoms with Crippen LogP contribution in [0.1, 0.15) is 38.2 Å². The maximum absolute atomic E-state index is 5.63. The van der Waals surface area contributed by atoms with Crippen LogP contribution in [0.25, 0.3) is 0 Å². The summed E-state index contributed by atoms with van der Waals surface area (Å²) >= 11 is 0. The van der Waals surface area contributed by atoms with Crippen LogP contribution in [0.5, 0.6) is 0 Å². The Morgan fingerprint density at radius 2 is 1.81 bits per heavy atom. The molecule has 16 heavy (non-hydrogen) atoms. The van der Waals surface area contributed by atoms with E-state index in [1.54, 1.807) is 0 Å². The quantitative estimate of drug-likeness (QED) is 0.491. The zero-order valence-electron chi connectivity index (χ0n) is 10.5. The average molecular weight is 221 g/mol. The Balaban J connectivity index is 2.09. The first-order valence-corrected chi connectivity index (χ1v) is 6.21. The third kappa shape index (κ3) is 5.89. The molecule has 0 fully saturated rings. The maximum atomic E-state index is 5.63. The summed E-state index contributed by atoms with van der Waals surface area (Å²) in [6.07, 6.45) is 5.02. The van der Waals surface area contributed by atoms with Crippen LogP contribution in [0, 0.1) is 0 Å². The van der Waals surface area contributed by atoms with Crippen LogP contribution in [-0.4, -0.2) is 18.7 Å². The molecule has 0 amide bonds. The Labute approximate surface area is 99.2 Å². The number of hydrogen-bond donors (Lipinski definition) is 0. The second-order valence-electron chi connectivity index (χ2n) is 4.17. The lowest BCUT2D eigenvalue weighted by molar-refractivity contribution is -0.147. The van der Waals surface area contributed by atoms with Crippen molar-refractivity contribution in [3.05, 3.63) is 35.9 Å². The molecule has 1 rings (SSSR count). The fourth-order valence-electron chi connectivity index (χ4n) is 1.64. The minimum Gasteiger partial charge on any atom is -0.299 e. The minimum absolute atomic E-state index is 0.837. The van der Waals surface area contributed by atoms with E-state index in [1.165, 1.54) is 24.8 Å². The van der Waals surface area contributed by atoms with E-state index in [0.717, 1.165) is 19.6 Å². The highest BCUT2D eigenvalue weighted by molar-refractivity contribution is 5.13. The Kier molecular flexibility index (Phi) is 6.86. The summed E-state index contributed by atoms with van der Waals surface area (Å²) in [5.74, 6) is 0. The van der Waals surface area contributed by atoms with Crippen molar-refractivity contribution in [2.24, 2.45) is 0 Å². The molecular formula is C14H23NO. The van der Waals surface area contributed by atoms with E-state index in [-0.39, 0.29) is 0 Å². The molecule has 2 heteroatoms. The van der Waals surface area contributed by atoms with E-state index in [1.807, 2.05) is 18.2 Å². The van der Waals surface area contributed by atoms with Gasteiger partial charge in [-0.2, -0.15) is 5.06 Å². The standard InChI is InChI=1S/C14H23NO/c1-3-4-5-9-12-16-15(2)13-14-10-7-6-8-11-14/h6-8,10-11H,3-5,9,12-13H2,1-2H3. The second kappa shape index (κ2) is 8.31. The molecule has 0 unspecified atom stereocenters. The van der Waals surface area contributed by atoms with Crippen LogP contribution >= 0.6 is 0 Å². The third-order valence-corrected chi connectivity index (χ3v) is 2.56. The van der Waals surface area contributed by atoms with Gasteiger partial charge in [0.05, 0.1) is 6.61 Å². The zero-order valence-corrected chi connectivity index (χ0v) is 10.5. The Bertz CT molecular complexity index is 261. The molecule has 0 N–H and O–H groups in total. The van der Waals surface area contributed by atoms with Crippen LogP contribution in [0.3, 0.4) is 0 Å². The van der Waals surface area contributed by atoms with Crippen LogP contribution < -0.4 is 0 Å². The average Bonchev–Trinajstić information content (AvgIpc) is 2.30. The van der Waals surface area contributed by atoms with Gasteiger partial charge in [-0.15, -0.1) is 0 Å². The number of unbranched alkanes of at least 4 members (excludes halogenated alkanes) is 3. The van der Waals surface area contributed by atoms with Crippen molar-refractivity contribution in [3.8, 4) is 0 Å². The number of hydrogen-bond acceptors (Lipinski definition) is 2. The fourth-order valence-corrected chi connectivity index (χ4v) is 1.64. The van der Waals surface area contributed by atoms with Crippen molar-refractivity contribution < 1.29 is 4.84 Å². The predicted molar refractivity (Wildman–Crippen MR) is 68.0 cm³/mol. The molecule has 90 valence electrons. The molecule has 1 aromatic rings. The highest BCUT2D eigenvalue weighted by Crippen LogP contribution is 2.04. The first-order chi connectivity index (χ1) is 7.83. The summed E-state index contributed by atoms with van der Waals surface area (Å²) in [7, 11) is 1.99. The van der Waals surface area contributed by atoms with E-state index in [4.69, 9.17) is 4.84 Å². The lowest BCUT2D eigenvalue weighted by atomic mass is 10.2. The van der Waals surface area contributed by atoms with Crippen LogP contribution in [0.4, 0.5) is 0 Å². The number of hydroxylamine groups is 2. The summed E-state index contributed by atoms with van der Waals surface area (Å²) in [6.45, 7) is 3.92. The maximum Gasteiger partial charge on any atom is 0.0685 e. The fraction of sp³-hybridized carbons (Fsp3) is 0.571. The van der Waals surface area contributed by atoms with Gasteiger partial charge in [-0.05, 0) is 12.0 Å². The lowest BCUT2D eigenvalue weighted by Crippen LogP contribution is -2.19.